The van der Waals surface area contributed by atoms with Gasteiger partial charge in [0.1, 0.15) is 0 Å². The molecular weight excluding hydrogens is 260 g/mol. The van der Waals surface area contributed by atoms with Gasteiger partial charge < -0.3 is 10.5 Å². The first-order chi connectivity index (χ1) is 10.2. The van der Waals surface area contributed by atoms with Crippen molar-refractivity contribution in [3.63, 3.8) is 0 Å². The zero-order valence-corrected chi connectivity index (χ0v) is 13.1. The molecule has 0 amide bonds. The van der Waals surface area contributed by atoms with E-state index in [0.29, 0.717) is 12.4 Å². The van der Waals surface area contributed by atoms with Gasteiger partial charge in [-0.2, -0.15) is 0 Å². The van der Waals surface area contributed by atoms with Crippen molar-refractivity contribution in [2.75, 3.05) is 0 Å². The SMILES string of the molecule is CCCCCCC(C)Oc1cc(CN)c2ccccc2n1. The highest BCUT2D eigenvalue weighted by Gasteiger charge is 2.09. The fourth-order valence-corrected chi connectivity index (χ4v) is 2.57. The number of rotatable bonds is 8. The van der Waals surface area contributed by atoms with Crippen LogP contribution in [0.15, 0.2) is 30.3 Å². The van der Waals surface area contributed by atoms with Crippen LogP contribution in [0.25, 0.3) is 10.9 Å². The van der Waals surface area contributed by atoms with Gasteiger partial charge in [0.25, 0.3) is 0 Å². The average Bonchev–Trinajstić information content (AvgIpc) is 2.50. The molecule has 0 saturated heterocycles. The highest BCUT2D eigenvalue weighted by molar-refractivity contribution is 5.82. The Kier molecular flexibility index (Phi) is 6.00. The molecule has 0 bridgehead atoms. The summed E-state index contributed by atoms with van der Waals surface area (Å²) in [4.78, 5) is 4.59. The van der Waals surface area contributed by atoms with Crippen LogP contribution in [-0.2, 0) is 6.54 Å². The molecule has 0 aliphatic rings. The van der Waals surface area contributed by atoms with Crippen molar-refractivity contribution >= 4 is 10.9 Å². The normalized spacial score (nSPS) is 12.5. The Morgan fingerprint density at radius 3 is 2.76 bits per heavy atom. The van der Waals surface area contributed by atoms with Gasteiger partial charge in [-0.3, -0.25) is 0 Å². The van der Waals surface area contributed by atoms with Crippen molar-refractivity contribution in [2.24, 2.45) is 5.73 Å². The van der Waals surface area contributed by atoms with Crippen LogP contribution in [0.4, 0.5) is 0 Å². The monoisotopic (exact) mass is 286 g/mol. The number of hydrogen-bond acceptors (Lipinski definition) is 3. The van der Waals surface area contributed by atoms with E-state index < -0.39 is 0 Å². The van der Waals surface area contributed by atoms with Crippen molar-refractivity contribution < 1.29 is 4.74 Å². The minimum absolute atomic E-state index is 0.196. The molecule has 1 atom stereocenters. The molecule has 2 aromatic rings. The largest absolute Gasteiger partial charge is 0.475 e. The van der Waals surface area contributed by atoms with Gasteiger partial charge in [0.15, 0.2) is 0 Å². The Bertz CT molecular complexity index is 568. The van der Waals surface area contributed by atoms with Crippen molar-refractivity contribution in [3.05, 3.63) is 35.9 Å². The Labute approximate surface area is 127 Å². The molecule has 1 aromatic heterocycles. The fraction of sp³-hybridized carbons (Fsp3) is 0.500. The summed E-state index contributed by atoms with van der Waals surface area (Å²) < 4.78 is 5.98. The van der Waals surface area contributed by atoms with Gasteiger partial charge in [-0.05, 0) is 31.4 Å². The number of ether oxygens (including phenoxy) is 1. The molecule has 0 spiro atoms. The number of fused-ring (bicyclic) bond motifs is 1. The summed E-state index contributed by atoms with van der Waals surface area (Å²) in [7, 11) is 0. The van der Waals surface area contributed by atoms with Crippen molar-refractivity contribution in [3.8, 4) is 5.88 Å². The van der Waals surface area contributed by atoms with Gasteiger partial charge in [0.2, 0.25) is 5.88 Å². The number of nitrogens with zero attached hydrogens (tertiary/aromatic N) is 1. The number of hydrogen-bond donors (Lipinski definition) is 1. The van der Waals surface area contributed by atoms with E-state index in [-0.39, 0.29) is 6.10 Å². The average molecular weight is 286 g/mol. The molecule has 3 nitrogen and oxygen atoms in total. The smallest absolute Gasteiger partial charge is 0.214 e. The first-order valence-electron chi connectivity index (χ1n) is 8.00. The zero-order chi connectivity index (χ0) is 15.1. The Balaban J connectivity index is 2.04. The molecule has 2 N–H and O–H groups in total. The van der Waals surface area contributed by atoms with E-state index in [1.165, 1.54) is 25.7 Å². The fourth-order valence-electron chi connectivity index (χ4n) is 2.57. The number of para-hydroxylation sites is 1. The number of nitrogens with two attached hydrogens (primary N) is 1. The molecule has 0 radical (unpaired) electrons. The molecule has 21 heavy (non-hydrogen) atoms. The maximum absolute atomic E-state index is 5.98. The lowest BCUT2D eigenvalue weighted by Crippen LogP contribution is -2.13. The van der Waals surface area contributed by atoms with Crippen LogP contribution < -0.4 is 10.5 Å². The van der Waals surface area contributed by atoms with Crippen LogP contribution in [0.3, 0.4) is 0 Å². The van der Waals surface area contributed by atoms with E-state index >= 15 is 0 Å². The van der Waals surface area contributed by atoms with E-state index in [4.69, 9.17) is 10.5 Å². The highest BCUT2D eigenvalue weighted by Crippen LogP contribution is 2.23. The van der Waals surface area contributed by atoms with E-state index in [9.17, 15) is 0 Å². The Morgan fingerprint density at radius 1 is 1.19 bits per heavy atom. The standard InChI is InChI=1S/C18H26N2O/c1-3-4-5-6-9-14(2)21-18-12-15(13-19)16-10-7-8-11-17(16)20-18/h7-8,10-12,14H,3-6,9,13,19H2,1-2H3. The van der Waals surface area contributed by atoms with E-state index in [1.54, 1.807) is 0 Å². The summed E-state index contributed by atoms with van der Waals surface area (Å²) in [6, 6.07) is 10.0. The molecule has 1 aromatic carbocycles. The summed E-state index contributed by atoms with van der Waals surface area (Å²) in [5, 5.41) is 1.11. The van der Waals surface area contributed by atoms with Gasteiger partial charge in [-0.1, -0.05) is 44.4 Å². The predicted octanol–water partition coefficient (Wildman–Crippen LogP) is 4.43. The first kappa shape index (κ1) is 15.8. The van der Waals surface area contributed by atoms with Crippen LogP contribution in [0.5, 0.6) is 5.88 Å². The van der Waals surface area contributed by atoms with Gasteiger partial charge in [-0.25, -0.2) is 4.98 Å². The molecule has 3 heteroatoms. The number of benzene rings is 1. The highest BCUT2D eigenvalue weighted by atomic mass is 16.5. The third kappa shape index (κ3) is 4.43. The van der Waals surface area contributed by atoms with Crippen LogP contribution in [0.2, 0.25) is 0 Å². The van der Waals surface area contributed by atoms with Crippen LogP contribution in [0.1, 0.15) is 51.5 Å². The van der Waals surface area contributed by atoms with Gasteiger partial charge in [0, 0.05) is 18.0 Å². The first-order valence-corrected chi connectivity index (χ1v) is 8.00. The molecule has 0 aliphatic carbocycles. The molecule has 0 aliphatic heterocycles. The van der Waals surface area contributed by atoms with Gasteiger partial charge in [-0.15, -0.1) is 0 Å². The van der Waals surface area contributed by atoms with Crippen LogP contribution >= 0.6 is 0 Å². The molecule has 0 fully saturated rings. The lowest BCUT2D eigenvalue weighted by Gasteiger charge is -2.15. The molecular formula is C18H26N2O. The van der Waals surface area contributed by atoms with E-state index in [2.05, 4.69) is 24.9 Å². The molecule has 1 heterocycles. The third-order valence-corrected chi connectivity index (χ3v) is 3.78. The number of aromatic nitrogens is 1. The maximum Gasteiger partial charge on any atom is 0.214 e. The van der Waals surface area contributed by atoms with E-state index in [1.807, 2.05) is 24.3 Å². The minimum Gasteiger partial charge on any atom is -0.475 e. The van der Waals surface area contributed by atoms with E-state index in [0.717, 1.165) is 22.9 Å². The third-order valence-electron chi connectivity index (χ3n) is 3.78. The van der Waals surface area contributed by atoms with Crippen LogP contribution in [-0.4, -0.2) is 11.1 Å². The topological polar surface area (TPSA) is 48.1 Å². The second kappa shape index (κ2) is 7.99. The Hall–Kier alpha value is -1.61. The summed E-state index contributed by atoms with van der Waals surface area (Å²) >= 11 is 0. The Morgan fingerprint density at radius 2 is 2.00 bits per heavy atom. The second-order valence-corrected chi connectivity index (χ2v) is 5.62. The molecule has 1 unspecified atom stereocenters. The summed E-state index contributed by atoms with van der Waals surface area (Å²) in [6.07, 6.45) is 6.34. The molecule has 114 valence electrons. The second-order valence-electron chi connectivity index (χ2n) is 5.62. The lowest BCUT2D eigenvalue weighted by atomic mass is 10.1. The van der Waals surface area contributed by atoms with Crippen molar-refractivity contribution in [1.82, 2.24) is 4.98 Å². The van der Waals surface area contributed by atoms with Gasteiger partial charge >= 0.3 is 0 Å². The van der Waals surface area contributed by atoms with Crippen molar-refractivity contribution in [1.29, 1.82) is 0 Å². The minimum atomic E-state index is 0.196. The quantitative estimate of drug-likeness (QED) is 0.730. The summed E-state index contributed by atoms with van der Waals surface area (Å²) in [5.74, 6) is 0.692. The van der Waals surface area contributed by atoms with Gasteiger partial charge in [0.05, 0.1) is 11.6 Å². The summed E-state index contributed by atoms with van der Waals surface area (Å²) in [6.45, 7) is 4.85. The van der Waals surface area contributed by atoms with Crippen molar-refractivity contribution in [2.45, 2.75) is 58.6 Å². The molecule has 2 rings (SSSR count). The number of pyridine rings is 1. The zero-order valence-electron chi connectivity index (χ0n) is 13.1. The summed E-state index contributed by atoms with van der Waals surface area (Å²) in [5.41, 5.74) is 7.89. The predicted molar refractivity (Wildman–Crippen MR) is 88.5 cm³/mol. The molecule has 0 saturated carbocycles. The van der Waals surface area contributed by atoms with Crippen LogP contribution in [0, 0.1) is 0 Å². The lowest BCUT2D eigenvalue weighted by molar-refractivity contribution is 0.198. The maximum atomic E-state index is 5.98. The number of unbranched alkanes of at least 4 members (excludes halogenated alkanes) is 3.